The number of nitrogens with zero attached hydrogens (tertiary/aromatic N) is 2. The van der Waals surface area contributed by atoms with E-state index in [0.29, 0.717) is 0 Å². The maximum Gasteiger partial charge on any atom is 0.0344 e. The highest BCUT2D eigenvalue weighted by molar-refractivity contribution is 9.10. The molecule has 4 heteroatoms. The van der Waals surface area contributed by atoms with E-state index in [1.54, 1.807) is 0 Å². The minimum absolute atomic E-state index is 0.762. The van der Waals surface area contributed by atoms with E-state index in [0.717, 1.165) is 12.6 Å². The summed E-state index contributed by atoms with van der Waals surface area (Å²) in [6.07, 6.45) is 0. The summed E-state index contributed by atoms with van der Waals surface area (Å²) in [5, 5.41) is 2.15. The molecule has 1 aliphatic heterocycles. The minimum atomic E-state index is 0.762. The molecular formula is C10H15BrN2S. The van der Waals surface area contributed by atoms with Gasteiger partial charge in [-0.3, -0.25) is 4.90 Å². The summed E-state index contributed by atoms with van der Waals surface area (Å²) >= 11 is 5.32. The second-order valence-electron chi connectivity index (χ2n) is 4.04. The molecule has 1 aliphatic rings. The molecule has 0 atom stereocenters. The summed E-state index contributed by atoms with van der Waals surface area (Å²) < 4.78 is 1.21. The minimum Gasteiger partial charge on any atom is -0.304 e. The van der Waals surface area contributed by atoms with Crippen LogP contribution in [-0.2, 0) is 6.54 Å². The molecule has 0 unspecified atom stereocenters. The first-order valence-electron chi connectivity index (χ1n) is 4.77. The maximum absolute atomic E-state index is 3.48. The van der Waals surface area contributed by atoms with Gasteiger partial charge in [-0.2, -0.15) is 0 Å². The summed E-state index contributed by atoms with van der Waals surface area (Å²) in [5.41, 5.74) is 0. The van der Waals surface area contributed by atoms with Gasteiger partial charge in [0.15, 0.2) is 0 Å². The molecule has 0 bridgehead atoms. The van der Waals surface area contributed by atoms with Gasteiger partial charge in [0, 0.05) is 40.4 Å². The lowest BCUT2D eigenvalue weighted by Crippen LogP contribution is -2.56. The van der Waals surface area contributed by atoms with Crippen LogP contribution in [0.2, 0.25) is 0 Å². The van der Waals surface area contributed by atoms with Crippen LogP contribution in [0, 0.1) is 0 Å². The third-order valence-corrected chi connectivity index (χ3v) is 4.35. The zero-order valence-electron chi connectivity index (χ0n) is 8.53. The molecule has 1 aromatic rings. The van der Waals surface area contributed by atoms with Crippen LogP contribution < -0.4 is 0 Å². The first-order chi connectivity index (χ1) is 6.65. The van der Waals surface area contributed by atoms with Crippen LogP contribution in [-0.4, -0.2) is 43.0 Å². The number of hydrogen-bond acceptors (Lipinski definition) is 3. The lowest BCUT2D eigenvalue weighted by molar-refractivity contribution is 0.0582. The van der Waals surface area contributed by atoms with Crippen LogP contribution in [0.15, 0.2) is 15.9 Å². The zero-order chi connectivity index (χ0) is 10.1. The Morgan fingerprint density at radius 3 is 2.79 bits per heavy atom. The molecule has 0 radical (unpaired) electrons. The van der Waals surface area contributed by atoms with Gasteiger partial charge in [-0.15, -0.1) is 11.3 Å². The van der Waals surface area contributed by atoms with Crippen LogP contribution in [0.1, 0.15) is 4.88 Å². The zero-order valence-corrected chi connectivity index (χ0v) is 10.9. The van der Waals surface area contributed by atoms with E-state index in [-0.39, 0.29) is 0 Å². The third-order valence-electron chi connectivity index (χ3n) is 2.67. The lowest BCUT2D eigenvalue weighted by atomic mass is 10.1. The van der Waals surface area contributed by atoms with E-state index in [2.05, 4.69) is 51.3 Å². The van der Waals surface area contributed by atoms with E-state index in [1.807, 2.05) is 11.3 Å². The van der Waals surface area contributed by atoms with Crippen LogP contribution in [0.3, 0.4) is 0 Å². The molecule has 0 spiro atoms. The Morgan fingerprint density at radius 1 is 1.57 bits per heavy atom. The molecule has 14 heavy (non-hydrogen) atoms. The van der Waals surface area contributed by atoms with Crippen molar-refractivity contribution in [3.05, 3.63) is 20.8 Å². The SMILES string of the molecule is CN(C)C1CN(Cc2cc(Br)cs2)C1. The van der Waals surface area contributed by atoms with Gasteiger partial charge < -0.3 is 4.90 Å². The Hall–Kier alpha value is 0.1000. The van der Waals surface area contributed by atoms with Gasteiger partial charge in [0.2, 0.25) is 0 Å². The second kappa shape index (κ2) is 4.31. The highest BCUT2D eigenvalue weighted by Crippen LogP contribution is 2.23. The number of likely N-dealkylation sites (N-methyl/N-ethyl adjacent to an activating group) is 1. The van der Waals surface area contributed by atoms with Crippen molar-refractivity contribution in [2.24, 2.45) is 0 Å². The Bertz CT molecular complexity index is 305. The summed E-state index contributed by atoms with van der Waals surface area (Å²) in [6.45, 7) is 3.53. The molecule has 78 valence electrons. The van der Waals surface area contributed by atoms with E-state index in [4.69, 9.17) is 0 Å². The average molecular weight is 275 g/mol. The molecule has 2 heterocycles. The van der Waals surface area contributed by atoms with Crippen LogP contribution in [0.5, 0.6) is 0 Å². The fourth-order valence-corrected chi connectivity index (χ4v) is 3.15. The Kier molecular flexibility index (Phi) is 3.27. The monoisotopic (exact) mass is 274 g/mol. The van der Waals surface area contributed by atoms with Gasteiger partial charge in [0.05, 0.1) is 0 Å². The molecule has 2 rings (SSSR count). The molecule has 0 N–H and O–H groups in total. The summed E-state index contributed by atoms with van der Waals surface area (Å²) in [7, 11) is 4.31. The standard InChI is InChI=1S/C10H15BrN2S/c1-12(2)9-4-13(5-9)6-10-3-8(11)7-14-10/h3,7,9H,4-6H2,1-2H3. The van der Waals surface area contributed by atoms with Gasteiger partial charge >= 0.3 is 0 Å². The Balaban J connectivity index is 1.79. The van der Waals surface area contributed by atoms with Gasteiger partial charge in [-0.25, -0.2) is 0 Å². The lowest BCUT2D eigenvalue weighted by Gasteiger charge is -2.42. The van der Waals surface area contributed by atoms with E-state index >= 15 is 0 Å². The molecular weight excluding hydrogens is 260 g/mol. The summed E-state index contributed by atoms with van der Waals surface area (Å²) in [4.78, 5) is 6.25. The number of rotatable bonds is 3. The normalized spacial score (nSPS) is 18.9. The Labute approximate surface area is 97.6 Å². The second-order valence-corrected chi connectivity index (χ2v) is 5.95. The summed E-state index contributed by atoms with van der Waals surface area (Å²) in [6, 6.07) is 2.98. The number of halogens is 1. The molecule has 1 saturated heterocycles. The topological polar surface area (TPSA) is 6.48 Å². The van der Waals surface area contributed by atoms with Gasteiger partial charge in [-0.05, 0) is 36.1 Å². The highest BCUT2D eigenvalue weighted by Gasteiger charge is 2.27. The smallest absolute Gasteiger partial charge is 0.0344 e. The predicted octanol–water partition coefficient (Wildman–Crippen LogP) is 2.26. The Morgan fingerprint density at radius 2 is 2.29 bits per heavy atom. The largest absolute Gasteiger partial charge is 0.304 e. The number of thiophene rings is 1. The van der Waals surface area contributed by atoms with Crippen molar-refractivity contribution in [3.63, 3.8) is 0 Å². The van der Waals surface area contributed by atoms with Crippen molar-refractivity contribution < 1.29 is 0 Å². The molecule has 1 fully saturated rings. The van der Waals surface area contributed by atoms with E-state index in [9.17, 15) is 0 Å². The third kappa shape index (κ3) is 2.37. The molecule has 0 aliphatic carbocycles. The van der Waals surface area contributed by atoms with Gasteiger partial charge in [-0.1, -0.05) is 0 Å². The van der Waals surface area contributed by atoms with Crippen molar-refractivity contribution in [2.75, 3.05) is 27.2 Å². The van der Waals surface area contributed by atoms with Crippen LogP contribution in [0.25, 0.3) is 0 Å². The van der Waals surface area contributed by atoms with Crippen molar-refractivity contribution in [3.8, 4) is 0 Å². The predicted molar refractivity (Wildman–Crippen MR) is 64.8 cm³/mol. The fourth-order valence-electron chi connectivity index (χ4n) is 1.66. The first kappa shape index (κ1) is 10.6. The molecule has 1 aromatic heterocycles. The summed E-state index contributed by atoms with van der Waals surface area (Å²) in [5.74, 6) is 0. The average Bonchev–Trinajstić information content (AvgIpc) is 2.42. The number of hydrogen-bond donors (Lipinski definition) is 0. The van der Waals surface area contributed by atoms with E-state index < -0.39 is 0 Å². The quantitative estimate of drug-likeness (QED) is 0.835. The molecule has 2 nitrogen and oxygen atoms in total. The van der Waals surface area contributed by atoms with Crippen molar-refractivity contribution >= 4 is 27.3 Å². The van der Waals surface area contributed by atoms with Gasteiger partial charge in [0.25, 0.3) is 0 Å². The van der Waals surface area contributed by atoms with E-state index in [1.165, 1.54) is 22.4 Å². The van der Waals surface area contributed by atoms with Crippen LogP contribution >= 0.6 is 27.3 Å². The van der Waals surface area contributed by atoms with Crippen molar-refractivity contribution in [1.29, 1.82) is 0 Å². The first-order valence-corrected chi connectivity index (χ1v) is 6.44. The van der Waals surface area contributed by atoms with Crippen LogP contribution in [0.4, 0.5) is 0 Å². The fraction of sp³-hybridized carbons (Fsp3) is 0.600. The molecule has 0 aromatic carbocycles. The van der Waals surface area contributed by atoms with Gasteiger partial charge in [0.1, 0.15) is 0 Å². The van der Waals surface area contributed by atoms with Crippen molar-refractivity contribution in [2.45, 2.75) is 12.6 Å². The number of likely N-dealkylation sites (tertiary alicyclic amines) is 1. The maximum atomic E-state index is 3.48. The highest BCUT2D eigenvalue weighted by atomic mass is 79.9. The molecule has 0 saturated carbocycles. The van der Waals surface area contributed by atoms with Crippen molar-refractivity contribution in [1.82, 2.24) is 9.80 Å². The molecule has 0 amide bonds.